The molecule has 106 valence electrons. The molecule has 0 heterocycles. The summed E-state index contributed by atoms with van der Waals surface area (Å²) >= 11 is 0. The van der Waals surface area contributed by atoms with Crippen LogP contribution in [0.1, 0.15) is 43.5 Å². The highest BCUT2D eigenvalue weighted by Crippen LogP contribution is 2.20. The fourth-order valence-electron chi connectivity index (χ4n) is 2.05. The van der Waals surface area contributed by atoms with E-state index in [0.29, 0.717) is 12.5 Å². The quantitative estimate of drug-likeness (QED) is 0.801. The maximum Gasteiger partial charge on any atom is 0.327 e. The average molecular weight is 263 g/mol. The summed E-state index contributed by atoms with van der Waals surface area (Å²) in [6, 6.07) is 5.77. The smallest absolute Gasteiger partial charge is 0.327 e. The van der Waals surface area contributed by atoms with Crippen LogP contribution in [0.3, 0.4) is 0 Å². The molecule has 19 heavy (non-hydrogen) atoms. The number of benzene rings is 1. The van der Waals surface area contributed by atoms with E-state index >= 15 is 0 Å². The third-order valence-electron chi connectivity index (χ3n) is 2.99. The third-order valence-corrected chi connectivity index (χ3v) is 2.99. The van der Waals surface area contributed by atoms with E-state index in [4.69, 9.17) is 4.74 Å². The maximum atomic E-state index is 12.1. The average Bonchev–Trinajstić information content (AvgIpc) is 2.31. The van der Waals surface area contributed by atoms with Crippen LogP contribution < -0.4 is 5.32 Å². The fourth-order valence-corrected chi connectivity index (χ4v) is 2.05. The van der Waals surface area contributed by atoms with E-state index in [1.54, 1.807) is 0 Å². The Morgan fingerprint density at radius 1 is 1.32 bits per heavy atom. The topological polar surface area (TPSA) is 38.3 Å². The normalized spacial score (nSPS) is 12.5. The Hall–Kier alpha value is -1.35. The predicted octanol–water partition coefficient (Wildman–Crippen LogP) is 3.15. The molecule has 3 nitrogen and oxygen atoms in total. The van der Waals surface area contributed by atoms with Gasteiger partial charge < -0.3 is 10.1 Å². The molecular formula is C16H25NO2. The standard InChI is InChI=1S/C16H25NO2/c1-6-19-16(18)15(17-10-11(2)3)14-8-7-12(4)9-13(14)5/h7-9,11,15,17H,6,10H2,1-5H3. The number of hydrogen-bond donors (Lipinski definition) is 1. The van der Waals surface area contributed by atoms with Gasteiger partial charge in [0.1, 0.15) is 6.04 Å². The summed E-state index contributed by atoms with van der Waals surface area (Å²) in [5, 5.41) is 3.31. The van der Waals surface area contributed by atoms with Crippen molar-refractivity contribution in [2.45, 2.75) is 40.7 Å². The van der Waals surface area contributed by atoms with Crippen molar-refractivity contribution in [3.63, 3.8) is 0 Å². The van der Waals surface area contributed by atoms with Gasteiger partial charge in [-0.2, -0.15) is 0 Å². The van der Waals surface area contributed by atoms with Gasteiger partial charge in [-0.3, -0.25) is 0 Å². The second kappa shape index (κ2) is 7.29. The summed E-state index contributed by atoms with van der Waals surface area (Å²) in [5.41, 5.74) is 3.33. The van der Waals surface area contributed by atoms with Crippen molar-refractivity contribution in [2.24, 2.45) is 5.92 Å². The fraction of sp³-hybridized carbons (Fsp3) is 0.562. The highest BCUT2D eigenvalue weighted by Gasteiger charge is 2.23. The number of carbonyl (C=O) groups excluding carboxylic acids is 1. The SMILES string of the molecule is CCOC(=O)C(NCC(C)C)c1ccc(C)cc1C. The second-order valence-electron chi connectivity index (χ2n) is 5.35. The summed E-state index contributed by atoms with van der Waals surface area (Å²) < 4.78 is 5.17. The highest BCUT2D eigenvalue weighted by atomic mass is 16.5. The first kappa shape index (κ1) is 15.7. The lowest BCUT2D eigenvalue weighted by Crippen LogP contribution is -2.33. The molecule has 0 saturated heterocycles. The first-order valence-electron chi connectivity index (χ1n) is 6.92. The van der Waals surface area contributed by atoms with Gasteiger partial charge in [0.25, 0.3) is 0 Å². The zero-order valence-electron chi connectivity index (χ0n) is 12.6. The minimum Gasteiger partial charge on any atom is -0.465 e. The second-order valence-corrected chi connectivity index (χ2v) is 5.35. The van der Waals surface area contributed by atoms with Crippen LogP contribution in [0.15, 0.2) is 18.2 Å². The largest absolute Gasteiger partial charge is 0.465 e. The van der Waals surface area contributed by atoms with Gasteiger partial charge in [0.05, 0.1) is 6.61 Å². The van der Waals surface area contributed by atoms with Crippen molar-refractivity contribution in [1.29, 1.82) is 0 Å². The molecule has 0 radical (unpaired) electrons. The van der Waals surface area contributed by atoms with Gasteiger partial charge in [-0.05, 0) is 44.4 Å². The number of ether oxygens (including phenoxy) is 1. The molecule has 0 fully saturated rings. The van der Waals surface area contributed by atoms with Crippen molar-refractivity contribution in [3.05, 3.63) is 34.9 Å². The molecule has 0 saturated carbocycles. The summed E-state index contributed by atoms with van der Waals surface area (Å²) in [7, 11) is 0. The van der Waals surface area contributed by atoms with Crippen molar-refractivity contribution < 1.29 is 9.53 Å². The molecule has 0 aliphatic heterocycles. The molecule has 1 atom stereocenters. The minimum atomic E-state index is -0.372. The van der Waals surface area contributed by atoms with Crippen molar-refractivity contribution in [1.82, 2.24) is 5.32 Å². The van der Waals surface area contributed by atoms with Crippen LogP contribution in [-0.2, 0) is 9.53 Å². The Morgan fingerprint density at radius 2 is 2.00 bits per heavy atom. The summed E-state index contributed by atoms with van der Waals surface area (Å²) in [4.78, 5) is 12.1. The van der Waals surface area contributed by atoms with Gasteiger partial charge in [0, 0.05) is 0 Å². The van der Waals surface area contributed by atoms with E-state index in [-0.39, 0.29) is 12.0 Å². The van der Waals surface area contributed by atoms with Gasteiger partial charge in [0.15, 0.2) is 0 Å². The number of esters is 1. The molecule has 0 aromatic heterocycles. The van der Waals surface area contributed by atoms with E-state index < -0.39 is 0 Å². The Labute approximate surface area is 116 Å². The molecule has 1 rings (SSSR count). The molecule has 0 spiro atoms. The van der Waals surface area contributed by atoms with Crippen LogP contribution in [0.25, 0.3) is 0 Å². The zero-order chi connectivity index (χ0) is 14.4. The number of nitrogens with one attached hydrogen (secondary N) is 1. The molecule has 0 aliphatic carbocycles. The summed E-state index contributed by atoms with van der Waals surface area (Å²) in [5.74, 6) is 0.290. The summed E-state index contributed by atoms with van der Waals surface area (Å²) in [6.45, 7) is 11.4. The van der Waals surface area contributed by atoms with Gasteiger partial charge in [-0.25, -0.2) is 4.79 Å². The Morgan fingerprint density at radius 3 is 2.53 bits per heavy atom. The molecule has 0 amide bonds. The molecule has 1 N–H and O–H groups in total. The van der Waals surface area contributed by atoms with E-state index in [2.05, 4.69) is 32.2 Å². The lowest BCUT2D eigenvalue weighted by atomic mass is 9.98. The van der Waals surface area contributed by atoms with Crippen LogP contribution in [-0.4, -0.2) is 19.1 Å². The number of hydrogen-bond acceptors (Lipinski definition) is 3. The van der Waals surface area contributed by atoms with Gasteiger partial charge in [0.2, 0.25) is 0 Å². The molecule has 1 unspecified atom stereocenters. The van der Waals surface area contributed by atoms with E-state index in [9.17, 15) is 4.79 Å². The Balaban J connectivity index is 2.97. The third kappa shape index (κ3) is 4.67. The molecule has 1 aromatic rings. The monoisotopic (exact) mass is 263 g/mol. The molecule has 1 aromatic carbocycles. The minimum absolute atomic E-state index is 0.199. The van der Waals surface area contributed by atoms with Crippen molar-refractivity contribution >= 4 is 5.97 Å². The Kier molecular flexibility index (Phi) is 6.03. The van der Waals surface area contributed by atoms with Crippen molar-refractivity contribution in [3.8, 4) is 0 Å². The van der Waals surface area contributed by atoms with Crippen LogP contribution in [0, 0.1) is 19.8 Å². The highest BCUT2D eigenvalue weighted by molar-refractivity contribution is 5.78. The summed E-state index contributed by atoms with van der Waals surface area (Å²) in [6.07, 6.45) is 0. The maximum absolute atomic E-state index is 12.1. The number of rotatable bonds is 6. The zero-order valence-corrected chi connectivity index (χ0v) is 12.6. The van der Waals surface area contributed by atoms with Crippen LogP contribution in [0.4, 0.5) is 0 Å². The van der Waals surface area contributed by atoms with Crippen molar-refractivity contribution in [2.75, 3.05) is 13.2 Å². The Bertz CT molecular complexity index is 427. The molecular weight excluding hydrogens is 238 g/mol. The van der Waals surface area contributed by atoms with Gasteiger partial charge >= 0.3 is 5.97 Å². The first-order valence-corrected chi connectivity index (χ1v) is 6.92. The van der Waals surface area contributed by atoms with E-state index in [0.717, 1.165) is 17.7 Å². The lowest BCUT2D eigenvalue weighted by molar-refractivity contribution is -0.145. The van der Waals surface area contributed by atoms with E-state index in [1.807, 2.05) is 26.0 Å². The van der Waals surface area contributed by atoms with Gasteiger partial charge in [-0.15, -0.1) is 0 Å². The molecule has 3 heteroatoms. The first-order chi connectivity index (χ1) is 8.95. The van der Waals surface area contributed by atoms with E-state index in [1.165, 1.54) is 5.56 Å². The van der Waals surface area contributed by atoms with Crippen LogP contribution in [0.2, 0.25) is 0 Å². The van der Waals surface area contributed by atoms with Gasteiger partial charge in [-0.1, -0.05) is 37.6 Å². The predicted molar refractivity (Wildman–Crippen MR) is 78.1 cm³/mol. The molecule has 0 aliphatic rings. The number of aryl methyl sites for hydroxylation is 2. The molecule has 0 bridgehead atoms. The van der Waals surface area contributed by atoms with Crippen LogP contribution in [0.5, 0.6) is 0 Å². The number of carbonyl (C=O) groups is 1. The lowest BCUT2D eigenvalue weighted by Gasteiger charge is -2.21. The van der Waals surface area contributed by atoms with Crippen LogP contribution >= 0.6 is 0 Å².